The van der Waals surface area contributed by atoms with Crippen molar-refractivity contribution >= 4 is 17.5 Å². The number of rotatable bonds is 7. The number of carbonyl (C=O) groups excluding carboxylic acids is 1. The molecule has 1 aliphatic rings. The highest BCUT2D eigenvalue weighted by Gasteiger charge is 2.22. The molecule has 0 spiro atoms. The SMILES string of the molecule is O=C(NC[C@@H](O)COCC1CC1)c1c(F)cccc1Cl. The summed E-state index contributed by atoms with van der Waals surface area (Å²) in [5.74, 6) is -0.710. The predicted octanol–water partition coefficient (Wildman–Crippen LogP) is 2.00. The molecule has 1 aliphatic carbocycles. The highest BCUT2D eigenvalue weighted by atomic mass is 35.5. The Morgan fingerprint density at radius 3 is 2.95 bits per heavy atom. The molecule has 2 rings (SSSR count). The van der Waals surface area contributed by atoms with E-state index in [-0.39, 0.29) is 23.7 Å². The Bertz CT molecular complexity index is 459. The van der Waals surface area contributed by atoms with Crippen LogP contribution in [0, 0.1) is 11.7 Å². The lowest BCUT2D eigenvalue weighted by molar-refractivity contribution is 0.0320. The van der Waals surface area contributed by atoms with Crippen molar-refractivity contribution < 1.29 is 19.0 Å². The van der Waals surface area contributed by atoms with E-state index in [4.69, 9.17) is 16.3 Å². The maximum Gasteiger partial charge on any atom is 0.255 e. The number of carbonyl (C=O) groups is 1. The van der Waals surface area contributed by atoms with Crippen molar-refractivity contribution in [3.63, 3.8) is 0 Å². The van der Waals surface area contributed by atoms with E-state index in [1.807, 2.05) is 0 Å². The van der Waals surface area contributed by atoms with Crippen LogP contribution in [0.5, 0.6) is 0 Å². The quantitative estimate of drug-likeness (QED) is 0.810. The van der Waals surface area contributed by atoms with Gasteiger partial charge in [-0.2, -0.15) is 0 Å². The summed E-state index contributed by atoms with van der Waals surface area (Å²) in [5, 5.41) is 12.1. The summed E-state index contributed by atoms with van der Waals surface area (Å²) in [6.07, 6.45) is 1.54. The molecule has 0 aliphatic heterocycles. The Morgan fingerprint density at radius 2 is 2.30 bits per heavy atom. The third-order valence-electron chi connectivity index (χ3n) is 3.05. The topological polar surface area (TPSA) is 58.6 Å². The third-order valence-corrected chi connectivity index (χ3v) is 3.36. The maximum absolute atomic E-state index is 13.5. The first-order valence-electron chi connectivity index (χ1n) is 6.56. The van der Waals surface area contributed by atoms with Gasteiger partial charge in [0.15, 0.2) is 0 Å². The van der Waals surface area contributed by atoms with Gasteiger partial charge in [-0.15, -0.1) is 0 Å². The van der Waals surface area contributed by atoms with E-state index in [0.29, 0.717) is 12.5 Å². The molecule has 1 aromatic carbocycles. The van der Waals surface area contributed by atoms with Crippen LogP contribution in [0.1, 0.15) is 23.2 Å². The molecular formula is C14H17ClFNO3. The Morgan fingerprint density at radius 1 is 1.55 bits per heavy atom. The van der Waals surface area contributed by atoms with Gasteiger partial charge in [-0.1, -0.05) is 17.7 Å². The summed E-state index contributed by atoms with van der Waals surface area (Å²) >= 11 is 5.78. The number of benzene rings is 1. The summed E-state index contributed by atoms with van der Waals surface area (Å²) in [7, 11) is 0. The number of nitrogens with one attached hydrogen (secondary N) is 1. The second-order valence-electron chi connectivity index (χ2n) is 4.94. The molecule has 0 bridgehead atoms. The van der Waals surface area contributed by atoms with Crippen molar-refractivity contribution in [1.29, 1.82) is 0 Å². The Balaban J connectivity index is 1.76. The summed E-state index contributed by atoms with van der Waals surface area (Å²) < 4.78 is 18.8. The van der Waals surface area contributed by atoms with E-state index in [0.717, 1.165) is 6.07 Å². The summed E-state index contributed by atoms with van der Waals surface area (Å²) in [6, 6.07) is 4.03. The largest absolute Gasteiger partial charge is 0.389 e. The van der Waals surface area contributed by atoms with Gasteiger partial charge in [0.1, 0.15) is 5.82 Å². The van der Waals surface area contributed by atoms with Crippen LogP contribution >= 0.6 is 11.6 Å². The van der Waals surface area contributed by atoms with E-state index in [2.05, 4.69) is 5.32 Å². The van der Waals surface area contributed by atoms with Gasteiger partial charge in [-0.25, -0.2) is 4.39 Å². The Kier molecular flexibility index (Phi) is 5.34. The molecule has 6 heteroatoms. The summed E-state index contributed by atoms with van der Waals surface area (Å²) in [4.78, 5) is 11.8. The molecule has 0 saturated heterocycles. The second-order valence-corrected chi connectivity index (χ2v) is 5.35. The molecule has 2 N–H and O–H groups in total. The van der Waals surface area contributed by atoms with Crippen LogP contribution in [0.3, 0.4) is 0 Å². The van der Waals surface area contributed by atoms with Gasteiger partial charge in [0.2, 0.25) is 0 Å². The average molecular weight is 302 g/mol. The molecule has 1 aromatic rings. The van der Waals surface area contributed by atoms with Crippen LogP contribution in [0.4, 0.5) is 4.39 Å². The van der Waals surface area contributed by atoms with Crippen LogP contribution < -0.4 is 5.32 Å². The maximum atomic E-state index is 13.5. The molecule has 1 amide bonds. The van der Waals surface area contributed by atoms with Crippen LogP contribution in [0.2, 0.25) is 5.02 Å². The van der Waals surface area contributed by atoms with E-state index < -0.39 is 17.8 Å². The molecular weight excluding hydrogens is 285 g/mol. The molecule has 110 valence electrons. The molecule has 4 nitrogen and oxygen atoms in total. The van der Waals surface area contributed by atoms with Crippen LogP contribution in [-0.2, 0) is 4.74 Å². The molecule has 0 radical (unpaired) electrons. The smallest absolute Gasteiger partial charge is 0.255 e. The van der Waals surface area contributed by atoms with Gasteiger partial charge in [0.25, 0.3) is 5.91 Å². The van der Waals surface area contributed by atoms with Gasteiger partial charge in [0, 0.05) is 13.2 Å². The first-order valence-corrected chi connectivity index (χ1v) is 6.93. The van der Waals surface area contributed by atoms with Crippen molar-refractivity contribution in [2.75, 3.05) is 19.8 Å². The normalized spacial score (nSPS) is 15.9. The predicted molar refractivity (Wildman–Crippen MR) is 73.3 cm³/mol. The zero-order valence-corrected chi connectivity index (χ0v) is 11.7. The van der Waals surface area contributed by atoms with Crippen LogP contribution in [0.25, 0.3) is 0 Å². The molecule has 20 heavy (non-hydrogen) atoms. The monoisotopic (exact) mass is 301 g/mol. The van der Waals surface area contributed by atoms with Gasteiger partial charge in [0.05, 0.1) is 23.3 Å². The Labute approximate surface area is 121 Å². The molecule has 0 heterocycles. The summed E-state index contributed by atoms with van der Waals surface area (Å²) in [6.45, 7) is 0.792. The number of ether oxygens (including phenoxy) is 1. The summed E-state index contributed by atoms with van der Waals surface area (Å²) in [5.41, 5.74) is -0.208. The zero-order valence-electron chi connectivity index (χ0n) is 10.9. The lowest BCUT2D eigenvalue weighted by Gasteiger charge is -2.13. The van der Waals surface area contributed by atoms with Crippen molar-refractivity contribution in [3.8, 4) is 0 Å². The number of hydrogen-bond donors (Lipinski definition) is 2. The van der Waals surface area contributed by atoms with Crippen molar-refractivity contribution in [2.45, 2.75) is 18.9 Å². The first kappa shape index (κ1) is 15.2. The molecule has 0 aromatic heterocycles. The third kappa shape index (κ3) is 4.44. The molecule has 1 saturated carbocycles. The lowest BCUT2D eigenvalue weighted by atomic mass is 10.2. The number of aliphatic hydroxyl groups excluding tert-OH is 1. The van der Waals surface area contributed by atoms with E-state index in [1.54, 1.807) is 0 Å². The average Bonchev–Trinajstić information content (AvgIpc) is 3.20. The fourth-order valence-corrected chi connectivity index (χ4v) is 1.98. The van der Waals surface area contributed by atoms with E-state index in [1.165, 1.54) is 25.0 Å². The van der Waals surface area contributed by atoms with Crippen molar-refractivity contribution in [3.05, 3.63) is 34.6 Å². The minimum atomic E-state index is -0.816. The van der Waals surface area contributed by atoms with Gasteiger partial charge in [-0.05, 0) is 30.9 Å². The van der Waals surface area contributed by atoms with Gasteiger partial charge in [-0.3, -0.25) is 4.79 Å². The molecule has 1 atom stereocenters. The van der Waals surface area contributed by atoms with Crippen molar-refractivity contribution in [1.82, 2.24) is 5.32 Å². The number of hydrogen-bond acceptors (Lipinski definition) is 3. The minimum absolute atomic E-state index is 0.00579. The standard InChI is InChI=1S/C14H17ClFNO3/c15-11-2-1-3-12(16)13(11)14(19)17-6-10(18)8-20-7-9-4-5-9/h1-3,9-10,18H,4-8H2,(H,17,19)/t10-/m1/s1. The van der Waals surface area contributed by atoms with E-state index in [9.17, 15) is 14.3 Å². The molecule has 1 fully saturated rings. The molecule has 0 unspecified atom stereocenters. The van der Waals surface area contributed by atoms with Crippen LogP contribution in [-0.4, -0.2) is 36.9 Å². The van der Waals surface area contributed by atoms with E-state index >= 15 is 0 Å². The van der Waals surface area contributed by atoms with Crippen molar-refractivity contribution in [2.24, 2.45) is 5.92 Å². The second kappa shape index (κ2) is 7.02. The van der Waals surface area contributed by atoms with Crippen LogP contribution in [0.15, 0.2) is 18.2 Å². The van der Waals surface area contributed by atoms with Gasteiger partial charge < -0.3 is 15.2 Å². The Hall–Kier alpha value is -1.17. The highest BCUT2D eigenvalue weighted by Crippen LogP contribution is 2.28. The lowest BCUT2D eigenvalue weighted by Crippen LogP contribution is -2.35. The first-order chi connectivity index (χ1) is 9.58. The number of amides is 1. The number of halogens is 2. The number of aliphatic hydroxyl groups is 1. The fraction of sp³-hybridized carbons (Fsp3) is 0.500. The zero-order chi connectivity index (χ0) is 14.5. The minimum Gasteiger partial charge on any atom is -0.389 e. The fourth-order valence-electron chi connectivity index (χ4n) is 1.73. The van der Waals surface area contributed by atoms with Gasteiger partial charge >= 0.3 is 0 Å². The highest BCUT2D eigenvalue weighted by molar-refractivity contribution is 6.33.